The van der Waals surface area contributed by atoms with E-state index in [1.165, 1.54) is 10.6 Å². The minimum atomic E-state index is -0.252. The van der Waals surface area contributed by atoms with Crippen LogP contribution < -0.4 is 10.9 Å². The second kappa shape index (κ2) is 7.35. The number of amides is 1. The van der Waals surface area contributed by atoms with E-state index in [4.69, 9.17) is 0 Å². The van der Waals surface area contributed by atoms with Crippen LogP contribution in [0.4, 0.5) is 5.69 Å². The molecule has 3 aromatic rings. The summed E-state index contributed by atoms with van der Waals surface area (Å²) in [7, 11) is 0. The molecule has 0 fully saturated rings. The highest BCUT2D eigenvalue weighted by Crippen LogP contribution is 2.17. The first kappa shape index (κ1) is 17.6. The van der Waals surface area contributed by atoms with Crippen LogP contribution in [0.2, 0.25) is 0 Å². The monoisotopic (exact) mass is 347 g/mol. The molecule has 132 valence electrons. The molecule has 1 aromatic heterocycles. The molecule has 0 unspecified atom stereocenters. The zero-order chi connectivity index (χ0) is 18.7. The number of benzene rings is 2. The molecular weight excluding hydrogens is 326 g/mol. The second-order valence-electron chi connectivity index (χ2n) is 6.35. The Kier molecular flexibility index (Phi) is 4.98. The van der Waals surface area contributed by atoms with Gasteiger partial charge < -0.3 is 5.32 Å². The predicted molar refractivity (Wildman–Crippen MR) is 103 cm³/mol. The first-order chi connectivity index (χ1) is 12.4. The zero-order valence-corrected chi connectivity index (χ0v) is 15.1. The van der Waals surface area contributed by atoms with Gasteiger partial charge in [0.25, 0.3) is 5.56 Å². The predicted octanol–water partition coefficient (Wildman–Crippen LogP) is 3.47. The first-order valence-electron chi connectivity index (χ1n) is 8.45. The molecule has 0 atom stereocenters. The molecule has 0 radical (unpaired) electrons. The third-order valence-electron chi connectivity index (χ3n) is 4.24. The number of aromatic nitrogens is 2. The van der Waals surface area contributed by atoms with Crippen LogP contribution in [0.25, 0.3) is 11.3 Å². The van der Waals surface area contributed by atoms with Gasteiger partial charge in [-0.1, -0.05) is 42.5 Å². The summed E-state index contributed by atoms with van der Waals surface area (Å²) in [5.74, 6) is 0.255. The quantitative estimate of drug-likeness (QED) is 0.786. The van der Waals surface area contributed by atoms with Crippen molar-refractivity contribution >= 4 is 11.6 Å². The van der Waals surface area contributed by atoms with E-state index in [1.54, 1.807) is 6.92 Å². The number of carbonyl (C=O) groups is 1. The molecule has 0 spiro atoms. The molecule has 1 N–H and O–H groups in total. The average molecular weight is 347 g/mol. The number of nitrogens with zero attached hydrogens (tertiary/aromatic N) is 2. The molecule has 5 nitrogen and oxygen atoms in total. The van der Waals surface area contributed by atoms with Crippen LogP contribution in [0.15, 0.2) is 59.4 Å². The van der Waals surface area contributed by atoms with Crippen LogP contribution in [0.1, 0.15) is 17.0 Å². The van der Waals surface area contributed by atoms with Gasteiger partial charge >= 0.3 is 0 Å². The minimum absolute atomic E-state index is 0.0693. The summed E-state index contributed by atoms with van der Waals surface area (Å²) >= 11 is 0. The zero-order valence-electron chi connectivity index (χ0n) is 15.1. The number of nitrogens with one attached hydrogen (secondary N) is 1. The van der Waals surface area contributed by atoms with Crippen molar-refractivity contribution in [2.45, 2.75) is 27.3 Å². The van der Waals surface area contributed by atoms with Crippen molar-refractivity contribution in [1.29, 1.82) is 0 Å². The molecule has 0 aliphatic rings. The van der Waals surface area contributed by atoms with Crippen molar-refractivity contribution in [3.8, 4) is 11.3 Å². The fourth-order valence-corrected chi connectivity index (χ4v) is 2.77. The number of aryl methyl sites for hydroxylation is 3. The third kappa shape index (κ3) is 3.88. The maximum absolute atomic E-state index is 12.5. The van der Waals surface area contributed by atoms with Crippen LogP contribution in [-0.2, 0) is 11.3 Å². The molecule has 3 rings (SSSR count). The number of rotatable bonds is 4. The lowest BCUT2D eigenvalue weighted by atomic mass is 10.1. The lowest BCUT2D eigenvalue weighted by molar-refractivity contribution is -0.116. The Bertz CT molecular complexity index is 1010. The Balaban J connectivity index is 1.83. The standard InChI is InChI=1S/C21H21N3O2/c1-14-9-10-15(2)18(11-14)23-20(25)13-24-16(3)22-19(12-21(24)26)17-7-5-4-6-8-17/h4-12H,13H2,1-3H3,(H,23,25). The largest absolute Gasteiger partial charge is 0.324 e. The fourth-order valence-electron chi connectivity index (χ4n) is 2.77. The Labute approximate surface area is 152 Å². The van der Waals surface area contributed by atoms with Crippen LogP contribution in [0.3, 0.4) is 0 Å². The van der Waals surface area contributed by atoms with Crippen molar-refractivity contribution < 1.29 is 4.79 Å². The Morgan fingerprint density at radius 3 is 2.46 bits per heavy atom. The van der Waals surface area contributed by atoms with Crippen LogP contribution in [-0.4, -0.2) is 15.5 Å². The van der Waals surface area contributed by atoms with E-state index in [2.05, 4.69) is 10.3 Å². The summed E-state index contributed by atoms with van der Waals surface area (Å²) in [4.78, 5) is 29.4. The Morgan fingerprint density at radius 2 is 1.77 bits per heavy atom. The topological polar surface area (TPSA) is 64.0 Å². The fraction of sp³-hybridized carbons (Fsp3) is 0.190. The maximum atomic E-state index is 12.5. The van der Waals surface area contributed by atoms with E-state index in [0.29, 0.717) is 11.5 Å². The van der Waals surface area contributed by atoms with Gasteiger partial charge in [0.15, 0.2) is 0 Å². The first-order valence-corrected chi connectivity index (χ1v) is 8.45. The summed E-state index contributed by atoms with van der Waals surface area (Å²) in [6, 6.07) is 16.8. The summed E-state index contributed by atoms with van der Waals surface area (Å²) in [5, 5.41) is 2.87. The SMILES string of the molecule is Cc1ccc(C)c(NC(=O)Cn2c(C)nc(-c3ccccc3)cc2=O)c1. The summed E-state index contributed by atoms with van der Waals surface area (Å²) < 4.78 is 1.38. The van der Waals surface area contributed by atoms with Crippen LogP contribution >= 0.6 is 0 Å². The molecule has 0 aliphatic heterocycles. The molecule has 5 heteroatoms. The van der Waals surface area contributed by atoms with E-state index in [0.717, 1.165) is 22.4 Å². The molecule has 0 bridgehead atoms. The molecule has 0 saturated carbocycles. The number of carbonyl (C=O) groups excluding carboxylic acids is 1. The van der Waals surface area contributed by atoms with E-state index in [-0.39, 0.29) is 18.0 Å². The molecule has 1 amide bonds. The molecule has 0 aliphatic carbocycles. The summed E-state index contributed by atoms with van der Waals surface area (Å²) in [5.41, 5.74) is 4.04. The number of hydrogen-bond acceptors (Lipinski definition) is 3. The molecule has 0 saturated heterocycles. The highest BCUT2D eigenvalue weighted by atomic mass is 16.2. The van der Waals surface area contributed by atoms with E-state index >= 15 is 0 Å². The molecule has 26 heavy (non-hydrogen) atoms. The number of anilines is 1. The Morgan fingerprint density at radius 1 is 1.04 bits per heavy atom. The van der Waals surface area contributed by atoms with Crippen LogP contribution in [0.5, 0.6) is 0 Å². The van der Waals surface area contributed by atoms with E-state index in [9.17, 15) is 9.59 Å². The van der Waals surface area contributed by atoms with Crippen molar-refractivity contribution in [3.05, 3.63) is 81.9 Å². The van der Waals surface area contributed by atoms with Crippen molar-refractivity contribution in [3.63, 3.8) is 0 Å². The van der Waals surface area contributed by atoms with Crippen LogP contribution in [0, 0.1) is 20.8 Å². The van der Waals surface area contributed by atoms with Gasteiger partial charge in [0.1, 0.15) is 12.4 Å². The highest BCUT2D eigenvalue weighted by molar-refractivity contribution is 5.91. The third-order valence-corrected chi connectivity index (χ3v) is 4.24. The van der Waals surface area contributed by atoms with Gasteiger partial charge in [-0.05, 0) is 38.0 Å². The van der Waals surface area contributed by atoms with E-state index < -0.39 is 0 Å². The van der Waals surface area contributed by atoms with Gasteiger partial charge in [0.2, 0.25) is 5.91 Å². The Hall–Kier alpha value is -3.21. The maximum Gasteiger partial charge on any atom is 0.254 e. The number of hydrogen-bond donors (Lipinski definition) is 1. The molecular formula is C21H21N3O2. The van der Waals surface area contributed by atoms with Gasteiger partial charge in [-0.25, -0.2) is 4.98 Å². The second-order valence-corrected chi connectivity index (χ2v) is 6.35. The lowest BCUT2D eigenvalue weighted by Gasteiger charge is -2.13. The van der Waals surface area contributed by atoms with E-state index in [1.807, 2.05) is 62.4 Å². The molecule has 2 aromatic carbocycles. The summed E-state index contributed by atoms with van der Waals surface area (Å²) in [6.45, 7) is 5.57. The average Bonchev–Trinajstić information content (AvgIpc) is 2.62. The molecule has 1 heterocycles. The van der Waals surface area contributed by atoms with Crippen molar-refractivity contribution in [2.75, 3.05) is 5.32 Å². The van der Waals surface area contributed by atoms with Crippen molar-refractivity contribution in [2.24, 2.45) is 0 Å². The normalized spacial score (nSPS) is 10.6. The van der Waals surface area contributed by atoms with Gasteiger partial charge in [-0.15, -0.1) is 0 Å². The highest BCUT2D eigenvalue weighted by Gasteiger charge is 2.11. The lowest BCUT2D eigenvalue weighted by Crippen LogP contribution is -2.30. The van der Waals surface area contributed by atoms with Crippen molar-refractivity contribution in [1.82, 2.24) is 9.55 Å². The summed E-state index contributed by atoms with van der Waals surface area (Å²) in [6.07, 6.45) is 0. The minimum Gasteiger partial charge on any atom is -0.324 e. The van der Waals surface area contributed by atoms with Gasteiger partial charge in [0.05, 0.1) is 5.69 Å². The smallest absolute Gasteiger partial charge is 0.254 e. The van der Waals surface area contributed by atoms with Gasteiger partial charge in [-0.2, -0.15) is 0 Å². The van der Waals surface area contributed by atoms with Gasteiger partial charge in [0, 0.05) is 17.3 Å². The van der Waals surface area contributed by atoms with Gasteiger partial charge in [-0.3, -0.25) is 14.2 Å².